The zero-order chi connectivity index (χ0) is 20.8. The molecule has 3 nitrogen and oxygen atoms in total. The van der Waals surface area contributed by atoms with E-state index in [4.69, 9.17) is 0 Å². The minimum Gasteiger partial charge on any atom is -0.338 e. The number of nitrogens with one attached hydrogen (secondary N) is 2. The van der Waals surface area contributed by atoms with Crippen molar-refractivity contribution >= 4 is 12.1 Å². The summed E-state index contributed by atoms with van der Waals surface area (Å²) < 4.78 is 76.5. The van der Waals surface area contributed by atoms with E-state index in [1.807, 2.05) is 0 Å². The van der Waals surface area contributed by atoms with E-state index >= 15 is 0 Å². The number of urea groups is 1. The van der Waals surface area contributed by atoms with Crippen molar-refractivity contribution in [3.05, 3.63) is 77.0 Å². The number of benzene rings is 2. The van der Waals surface area contributed by atoms with E-state index in [-0.39, 0.29) is 18.5 Å². The van der Waals surface area contributed by atoms with Crippen LogP contribution in [0.25, 0.3) is 6.08 Å². The highest BCUT2D eigenvalue weighted by molar-refractivity contribution is 5.76. The lowest BCUT2D eigenvalue weighted by Gasteiger charge is -2.10. The summed E-state index contributed by atoms with van der Waals surface area (Å²) in [5.74, 6) is 0. The molecule has 0 aliphatic heterocycles. The predicted octanol–water partition coefficient (Wildman–Crippen LogP) is 5.24. The van der Waals surface area contributed by atoms with E-state index < -0.39 is 29.5 Å². The van der Waals surface area contributed by atoms with E-state index in [0.29, 0.717) is 5.56 Å². The zero-order valence-electron chi connectivity index (χ0n) is 14.4. The van der Waals surface area contributed by atoms with Crippen LogP contribution in [-0.2, 0) is 18.8 Å². The van der Waals surface area contributed by atoms with Gasteiger partial charge in [0.05, 0.1) is 11.1 Å². The van der Waals surface area contributed by atoms with Gasteiger partial charge in [0, 0.05) is 12.7 Å². The van der Waals surface area contributed by atoms with Crippen molar-refractivity contribution in [2.75, 3.05) is 6.54 Å². The maximum absolute atomic E-state index is 12.9. The minimum absolute atomic E-state index is 0.0557. The normalized spacial score (nSPS) is 12.2. The van der Waals surface area contributed by atoms with Gasteiger partial charge < -0.3 is 10.6 Å². The molecule has 2 N–H and O–H groups in total. The van der Waals surface area contributed by atoms with Crippen molar-refractivity contribution in [3.63, 3.8) is 0 Å². The summed E-state index contributed by atoms with van der Waals surface area (Å²) in [5, 5.41) is 4.67. The van der Waals surface area contributed by atoms with Gasteiger partial charge in [-0.05, 0) is 35.8 Å². The Bertz CT molecular complexity index is 843. The lowest BCUT2D eigenvalue weighted by Crippen LogP contribution is -2.33. The van der Waals surface area contributed by atoms with Crippen molar-refractivity contribution in [1.29, 1.82) is 0 Å². The first-order valence-corrected chi connectivity index (χ1v) is 8.10. The Labute approximate surface area is 157 Å². The van der Waals surface area contributed by atoms with Gasteiger partial charge in [-0.2, -0.15) is 26.3 Å². The summed E-state index contributed by atoms with van der Waals surface area (Å²) in [4.78, 5) is 11.7. The quantitative estimate of drug-likeness (QED) is 0.660. The third-order valence-corrected chi connectivity index (χ3v) is 3.70. The lowest BCUT2D eigenvalue weighted by molar-refractivity contribution is -0.138. The van der Waals surface area contributed by atoms with Crippen molar-refractivity contribution in [2.24, 2.45) is 0 Å². The molecule has 0 fully saturated rings. The van der Waals surface area contributed by atoms with Gasteiger partial charge in [-0.1, -0.05) is 36.4 Å². The van der Waals surface area contributed by atoms with Crippen LogP contribution in [0.4, 0.5) is 31.1 Å². The van der Waals surface area contributed by atoms with Crippen molar-refractivity contribution in [3.8, 4) is 0 Å². The highest BCUT2D eigenvalue weighted by Gasteiger charge is 2.32. The Kier molecular flexibility index (Phi) is 6.71. The molecule has 0 aromatic heterocycles. The minimum atomic E-state index is -4.52. The van der Waals surface area contributed by atoms with E-state index in [1.54, 1.807) is 0 Å². The Balaban J connectivity index is 1.85. The molecule has 150 valence electrons. The predicted molar refractivity (Wildman–Crippen MR) is 92.2 cm³/mol. The maximum Gasteiger partial charge on any atom is 0.416 e. The van der Waals surface area contributed by atoms with Crippen LogP contribution in [0.3, 0.4) is 0 Å². The summed E-state index contributed by atoms with van der Waals surface area (Å²) in [7, 11) is 0. The number of amides is 2. The van der Waals surface area contributed by atoms with E-state index in [0.717, 1.165) is 30.5 Å². The van der Waals surface area contributed by atoms with Gasteiger partial charge >= 0.3 is 18.4 Å². The molecule has 0 spiro atoms. The molecule has 9 heteroatoms. The largest absolute Gasteiger partial charge is 0.416 e. The molecule has 0 heterocycles. The second-order valence-electron chi connectivity index (χ2n) is 5.77. The van der Waals surface area contributed by atoms with Gasteiger partial charge in [0.25, 0.3) is 0 Å². The molecule has 2 aromatic carbocycles. The van der Waals surface area contributed by atoms with Crippen LogP contribution < -0.4 is 10.6 Å². The second kappa shape index (κ2) is 8.81. The average Bonchev–Trinajstić information content (AvgIpc) is 2.61. The fraction of sp³-hybridized carbons (Fsp3) is 0.211. The zero-order valence-corrected chi connectivity index (χ0v) is 14.4. The summed E-state index contributed by atoms with van der Waals surface area (Å²) in [6, 6.07) is 8.91. The first-order chi connectivity index (χ1) is 13.1. The molecule has 0 bridgehead atoms. The molecule has 0 unspecified atom stereocenters. The smallest absolute Gasteiger partial charge is 0.338 e. The molecule has 0 radical (unpaired) electrons. The third kappa shape index (κ3) is 6.33. The van der Waals surface area contributed by atoms with Crippen LogP contribution in [0.15, 0.2) is 54.7 Å². The van der Waals surface area contributed by atoms with Crippen LogP contribution in [0.5, 0.6) is 0 Å². The number of hydrogen-bond donors (Lipinski definition) is 2. The number of alkyl halides is 6. The molecule has 0 saturated carbocycles. The molecule has 0 aliphatic rings. The van der Waals surface area contributed by atoms with Gasteiger partial charge in [0.2, 0.25) is 0 Å². The van der Waals surface area contributed by atoms with Gasteiger partial charge in [0.15, 0.2) is 0 Å². The molecular weight excluding hydrogens is 386 g/mol. The highest BCUT2D eigenvalue weighted by Crippen LogP contribution is 2.32. The number of rotatable bonds is 5. The van der Waals surface area contributed by atoms with Crippen LogP contribution in [0, 0.1) is 0 Å². The highest BCUT2D eigenvalue weighted by atomic mass is 19.4. The monoisotopic (exact) mass is 402 g/mol. The summed E-state index contributed by atoms with van der Waals surface area (Å²) >= 11 is 0. The van der Waals surface area contributed by atoms with Crippen LogP contribution in [0.1, 0.15) is 22.3 Å². The number of halogens is 6. The van der Waals surface area contributed by atoms with Crippen LogP contribution in [-0.4, -0.2) is 12.6 Å². The first-order valence-electron chi connectivity index (χ1n) is 8.10. The number of hydrogen-bond acceptors (Lipinski definition) is 1. The Morgan fingerprint density at radius 2 is 1.64 bits per heavy atom. The van der Waals surface area contributed by atoms with E-state index in [9.17, 15) is 31.1 Å². The Hall–Kier alpha value is -2.97. The van der Waals surface area contributed by atoms with Crippen molar-refractivity contribution < 1.29 is 31.1 Å². The molecular formula is C19H16F6N2O. The Morgan fingerprint density at radius 3 is 2.32 bits per heavy atom. The van der Waals surface area contributed by atoms with Gasteiger partial charge in [-0.25, -0.2) is 4.79 Å². The van der Waals surface area contributed by atoms with Crippen molar-refractivity contribution in [2.45, 2.75) is 18.8 Å². The van der Waals surface area contributed by atoms with E-state index in [2.05, 4.69) is 10.6 Å². The number of carbonyl (C=O) groups excluding carboxylic acids is 1. The second-order valence-corrected chi connectivity index (χ2v) is 5.77. The topological polar surface area (TPSA) is 41.1 Å². The lowest BCUT2D eigenvalue weighted by atomic mass is 10.1. The van der Waals surface area contributed by atoms with Gasteiger partial charge in [0.1, 0.15) is 0 Å². The number of carbonyl (C=O) groups is 1. The van der Waals surface area contributed by atoms with Crippen LogP contribution in [0.2, 0.25) is 0 Å². The molecule has 0 saturated heterocycles. The Morgan fingerprint density at radius 1 is 0.929 bits per heavy atom. The molecule has 28 heavy (non-hydrogen) atoms. The first kappa shape index (κ1) is 21.3. The molecule has 2 amide bonds. The van der Waals surface area contributed by atoms with Gasteiger partial charge in [-0.15, -0.1) is 0 Å². The molecule has 2 rings (SSSR count). The maximum atomic E-state index is 12.9. The third-order valence-electron chi connectivity index (χ3n) is 3.70. The SMILES string of the molecule is O=C(N/C=C/c1ccccc1C(F)(F)F)NCCc1cccc(C(F)(F)F)c1. The molecule has 0 aliphatic carbocycles. The molecule has 0 atom stereocenters. The molecule has 2 aromatic rings. The fourth-order valence-electron chi connectivity index (χ4n) is 2.38. The van der Waals surface area contributed by atoms with Gasteiger partial charge in [-0.3, -0.25) is 0 Å². The summed E-state index contributed by atoms with van der Waals surface area (Å²) in [6.07, 6.45) is -6.64. The summed E-state index contributed by atoms with van der Waals surface area (Å²) in [5.41, 5.74) is -1.33. The van der Waals surface area contributed by atoms with Crippen molar-refractivity contribution in [1.82, 2.24) is 10.6 Å². The van der Waals surface area contributed by atoms with Crippen LogP contribution >= 0.6 is 0 Å². The fourth-order valence-corrected chi connectivity index (χ4v) is 2.38. The van der Waals surface area contributed by atoms with E-state index in [1.165, 1.54) is 30.3 Å². The average molecular weight is 402 g/mol. The standard InChI is InChI=1S/C19H16F6N2O/c20-18(21,22)15-6-3-4-13(12-15)8-10-26-17(28)27-11-9-14-5-1-2-7-16(14)19(23,24)25/h1-7,9,11-12H,8,10H2,(H2,26,27,28)/b11-9+. The summed E-state index contributed by atoms with van der Waals surface area (Å²) in [6.45, 7) is 0.0557.